The highest BCUT2D eigenvalue weighted by Gasteiger charge is 2.48. The van der Waals surface area contributed by atoms with Crippen LogP contribution in [-0.2, 0) is 20.0 Å². The van der Waals surface area contributed by atoms with E-state index in [1.54, 1.807) is 6.92 Å². The van der Waals surface area contributed by atoms with Gasteiger partial charge in [-0.25, -0.2) is 16.8 Å². The Bertz CT molecular complexity index is 632. The van der Waals surface area contributed by atoms with Gasteiger partial charge in [0.25, 0.3) is 10.0 Å². The summed E-state index contributed by atoms with van der Waals surface area (Å²) in [5, 5.41) is 0. The van der Waals surface area contributed by atoms with Crippen molar-refractivity contribution in [3.8, 4) is 0 Å². The molecule has 0 spiro atoms. The number of alkyl halides is 3. The first kappa shape index (κ1) is 14.9. The Hall–Kier alpha value is -1.13. The molecule has 1 aromatic carbocycles. The number of hydrogen-bond donors (Lipinski definition) is 1. The molecule has 5 nitrogen and oxygen atoms in total. The lowest BCUT2D eigenvalue weighted by atomic mass is 10.2. The fourth-order valence-electron chi connectivity index (χ4n) is 0.957. The fourth-order valence-corrected chi connectivity index (χ4v) is 3.37. The van der Waals surface area contributed by atoms with Crippen molar-refractivity contribution in [2.75, 3.05) is 0 Å². The third-order valence-corrected chi connectivity index (χ3v) is 5.11. The Morgan fingerprint density at radius 3 is 1.83 bits per heavy atom. The van der Waals surface area contributed by atoms with Gasteiger partial charge in [0.05, 0.1) is 4.90 Å². The van der Waals surface area contributed by atoms with Crippen molar-refractivity contribution in [1.29, 1.82) is 0 Å². The number of aryl methyl sites for hydroxylation is 1. The van der Waals surface area contributed by atoms with Crippen molar-refractivity contribution in [3.05, 3.63) is 29.8 Å². The minimum absolute atomic E-state index is 0.569. The van der Waals surface area contributed by atoms with Crippen LogP contribution in [0.5, 0.6) is 0 Å². The molecule has 1 rings (SSSR count). The molecule has 0 aliphatic carbocycles. The molecule has 0 radical (unpaired) electrons. The summed E-state index contributed by atoms with van der Waals surface area (Å²) in [5.41, 5.74) is -5.02. The first-order valence-corrected chi connectivity index (χ1v) is 7.34. The van der Waals surface area contributed by atoms with Crippen molar-refractivity contribution in [1.82, 2.24) is 4.13 Å². The SMILES string of the molecule is Cc1ccc(S(=O)(=O)NS(=O)(=O)C(F)(F)F)cc1. The van der Waals surface area contributed by atoms with Crippen LogP contribution in [0.4, 0.5) is 13.2 Å². The molecule has 0 saturated heterocycles. The van der Waals surface area contributed by atoms with Gasteiger partial charge < -0.3 is 0 Å². The molecule has 1 N–H and O–H groups in total. The van der Waals surface area contributed by atoms with Gasteiger partial charge in [-0.3, -0.25) is 0 Å². The van der Waals surface area contributed by atoms with E-state index in [1.807, 2.05) is 0 Å². The van der Waals surface area contributed by atoms with Crippen LogP contribution in [0, 0.1) is 6.92 Å². The first-order valence-electron chi connectivity index (χ1n) is 4.37. The molecule has 18 heavy (non-hydrogen) atoms. The highest BCUT2D eigenvalue weighted by molar-refractivity contribution is 8.05. The number of halogens is 3. The Labute approximate surface area is 102 Å². The summed E-state index contributed by atoms with van der Waals surface area (Å²) in [5.74, 6) is 0. The summed E-state index contributed by atoms with van der Waals surface area (Å²) in [6, 6.07) is 4.66. The van der Waals surface area contributed by atoms with E-state index < -0.39 is 30.5 Å². The van der Waals surface area contributed by atoms with E-state index in [2.05, 4.69) is 0 Å². The summed E-state index contributed by atoms with van der Waals surface area (Å²) in [6.45, 7) is 1.64. The second-order valence-electron chi connectivity index (χ2n) is 3.35. The Kier molecular flexibility index (Phi) is 3.75. The molecule has 0 unspecified atom stereocenters. The van der Waals surface area contributed by atoms with Gasteiger partial charge in [0.15, 0.2) is 0 Å². The van der Waals surface area contributed by atoms with Crippen LogP contribution in [0.15, 0.2) is 29.2 Å². The Balaban J connectivity index is 3.15. The van der Waals surface area contributed by atoms with Crippen molar-refractivity contribution >= 4 is 20.0 Å². The van der Waals surface area contributed by atoms with Gasteiger partial charge in [-0.15, -0.1) is 0 Å². The van der Waals surface area contributed by atoms with E-state index in [4.69, 9.17) is 0 Å². The lowest BCUT2D eigenvalue weighted by molar-refractivity contribution is -0.0441. The average Bonchev–Trinajstić information content (AvgIpc) is 2.14. The molecule has 102 valence electrons. The van der Waals surface area contributed by atoms with Crippen molar-refractivity contribution in [3.63, 3.8) is 0 Å². The van der Waals surface area contributed by atoms with Crippen molar-refractivity contribution < 1.29 is 30.0 Å². The van der Waals surface area contributed by atoms with Gasteiger partial charge in [-0.05, 0) is 19.1 Å². The number of benzene rings is 1. The predicted molar refractivity (Wildman–Crippen MR) is 56.5 cm³/mol. The zero-order chi connectivity index (χ0) is 14.2. The Morgan fingerprint density at radius 2 is 1.44 bits per heavy atom. The number of nitrogens with one attached hydrogen (secondary N) is 1. The molecular weight excluding hydrogens is 295 g/mol. The first-order chi connectivity index (χ1) is 7.96. The van der Waals surface area contributed by atoms with E-state index in [0.29, 0.717) is 9.69 Å². The highest BCUT2D eigenvalue weighted by Crippen LogP contribution is 2.23. The minimum atomic E-state index is -5.95. The molecule has 0 amide bonds. The monoisotopic (exact) mass is 303 g/mol. The molecule has 1 aromatic rings. The summed E-state index contributed by atoms with van der Waals surface area (Å²) < 4.78 is 80.9. The largest absolute Gasteiger partial charge is 0.512 e. The van der Waals surface area contributed by atoms with Crippen molar-refractivity contribution in [2.24, 2.45) is 0 Å². The smallest absolute Gasteiger partial charge is 0.206 e. The molecule has 0 saturated carbocycles. The zero-order valence-corrected chi connectivity index (χ0v) is 10.5. The molecule has 0 atom stereocenters. The van der Waals surface area contributed by atoms with Gasteiger partial charge in [-0.2, -0.15) is 13.2 Å². The van der Waals surface area contributed by atoms with Gasteiger partial charge in [0, 0.05) is 0 Å². The molecule has 0 fully saturated rings. The lowest BCUT2D eigenvalue weighted by Crippen LogP contribution is -2.40. The molecule has 10 heteroatoms. The maximum Gasteiger partial charge on any atom is 0.512 e. The van der Waals surface area contributed by atoms with Crippen LogP contribution in [-0.4, -0.2) is 22.3 Å². The standard InChI is InChI=1S/C8H8F3NO4S2/c1-6-2-4-7(5-3-6)17(13,14)12-18(15,16)8(9,10)11/h2-5,12H,1H3. The van der Waals surface area contributed by atoms with Crippen molar-refractivity contribution in [2.45, 2.75) is 17.3 Å². The van der Waals surface area contributed by atoms with Crippen LogP contribution < -0.4 is 4.13 Å². The summed E-state index contributed by atoms with van der Waals surface area (Å²) in [4.78, 5) is -0.569. The maximum absolute atomic E-state index is 12.0. The second-order valence-corrected chi connectivity index (χ2v) is 6.96. The van der Waals surface area contributed by atoms with Crippen LogP contribution in [0.25, 0.3) is 0 Å². The summed E-state index contributed by atoms with van der Waals surface area (Å²) in [7, 11) is -10.7. The summed E-state index contributed by atoms with van der Waals surface area (Å²) >= 11 is 0. The number of rotatable bonds is 3. The fraction of sp³-hybridized carbons (Fsp3) is 0.250. The van der Waals surface area contributed by atoms with E-state index in [1.165, 1.54) is 12.1 Å². The third kappa shape index (κ3) is 3.21. The van der Waals surface area contributed by atoms with Crippen LogP contribution in [0.3, 0.4) is 0 Å². The average molecular weight is 303 g/mol. The second kappa shape index (κ2) is 4.52. The maximum atomic E-state index is 12.0. The molecule has 0 aromatic heterocycles. The van der Waals surface area contributed by atoms with E-state index in [-0.39, 0.29) is 0 Å². The zero-order valence-electron chi connectivity index (χ0n) is 8.89. The highest BCUT2D eigenvalue weighted by atomic mass is 32.3. The van der Waals surface area contributed by atoms with Gasteiger partial charge in [0.2, 0.25) is 0 Å². The molecule has 0 bridgehead atoms. The quantitative estimate of drug-likeness (QED) is 0.907. The minimum Gasteiger partial charge on any atom is -0.206 e. The molecule has 0 heterocycles. The Morgan fingerprint density at radius 1 is 1.00 bits per heavy atom. The van der Waals surface area contributed by atoms with Crippen LogP contribution in [0.2, 0.25) is 0 Å². The number of sulfonamides is 2. The van der Waals surface area contributed by atoms with Crippen LogP contribution >= 0.6 is 0 Å². The third-order valence-electron chi connectivity index (χ3n) is 1.86. The van der Waals surface area contributed by atoms with E-state index in [9.17, 15) is 30.0 Å². The molecule has 0 aliphatic rings. The molecule has 0 aliphatic heterocycles. The van der Waals surface area contributed by atoms with Crippen LogP contribution in [0.1, 0.15) is 5.56 Å². The normalized spacial score (nSPS) is 13.6. The van der Waals surface area contributed by atoms with Gasteiger partial charge in [0.1, 0.15) is 0 Å². The van der Waals surface area contributed by atoms with Gasteiger partial charge in [-0.1, -0.05) is 21.8 Å². The van der Waals surface area contributed by atoms with E-state index in [0.717, 1.165) is 12.1 Å². The summed E-state index contributed by atoms with van der Waals surface area (Å²) in [6.07, 6.45) is 0. The van der Waals surface area contributed by atoms with E-state index >= 15 is 0 Å². The van der Waals surface area contributed by atoms with Gasteiger partial charge >= 0.3 is 15.5 Å². The topological polar surface area (TPSA) is 80.3 Å². The molecular formula is C8H8F3NO4S2. The lowest BCUT2D eigenvalue weighted by Gasteiger charge is -2.10. The predicted octanol–water partition coefficient (Wildman–Crippen LogP) is 1.12. The number of hydrogen-bond acceptors (Lipinski definition) is 4.